The van der Waals surface area contributed by atoms with E-state index in [1.165, 1.54) is 37.4 Å². The maximum absolute atomic E-state index is 11.6. The standard InChI is InChI=1S/C16H28O2S/c1-5-6-7-8-9-10-11-12-14(17)13-15(18)19-16(2,3)4/h11-12H,5-10,13H2,1-4H3/b12-11+. The molecule has 0 saturated carbocycles. The number of hydrogen-bond acceptors (Lipinski definition) is 3. The molecule has 3 heteroatoms. The minimum atomic E-state index is -0.111. The number of thioether (sulfide) groups is 1. The van der Waals surface area contributed by atoms with Gasteiger partial charge in [-0.1, -0.05) is 71.2 Å². The van der Waals surface area contributed by atoms with Gasteiger partial charge in [-0.3, -0.25) is 9.59 Å². The molecule has 0 aliphatic rings. The van der Waals surface area contributed by atoms with Crippen LogP contribution in [0.1, 0.15) is 72.6 Å². The molecule has 0 radical (unpaired) electrons. The SMILES string of the molecule is CCCCCCC/C=C/C(=O)CC(=O)SC(C)(C)C. The summed E-state index contributed by atoms with van der Waals surface area (Å²) < 4.78 is -0.111. The summed E-state index contributed by atoms with van der Waals surface area (Å²) in [5.41, 5.74) is 0. The zero-order chi connectivity index (χ0) is 14.7. The van der Waals surface area contributed by atoms with E-state index in [4.69, 9.17) is 0 Å². The lowest BCUT2D eigenvalue weighted by Crippen LogP contribution is -2.13. The maximum atomic E-state index is 11.6. The fraction of sp³-hybridized carbons (Fsp3) is 0.750. The molecule has 19 heavy (non-hydrogen) atoms. The number of ketones is 1. The minimum absolute atomic E-state index is 0.0221. The molecule has 0 atom stereocenters. The topological polar surface area (TPSA) is 34.1 Å². The average Bonchev–Trinajstić information content (AvgIpc) is 2.25. The Hall–Kier alpha value is -0.570. The Morgan fingerprint density at radius 3 is 2.26 bits per heavy atom. The molecule has 0 bridgehead atoms. The summed E-state index contributed by atoms with van der Waals surface area (Å²) in [4.78, 5) is 23.1. The van der Waals surface area contributed by atoms with E-state index in [2.05, 4.69) is 6.92 Å². The summed E-state index contributed by atoms with van der Waals surface area (Å²) in [7, 11) is 0. The van der Waals surface area contributed by atoms with Gasteiger partial charge in [0.15, 0.2) is 10.9 Å². The van der Waals surface area contributed by atoms with Gasteiger partial charge >= 0.3 is 0 Å². The Kier molecular flexibility index (Phi) is 9.94. The van der Waals surface area contributed by atoms with E-state index in [-0.39, 0.29) is 22.1 Å². The average molecular weight is 284 g/mol. The van der Waals surface area contributed by atoms with Crippen molar-refractivity contribution in [2.75, 3.05) is 0 Å². The molecule has 0 aliphatic carbocycles. The molecule has 0 amide bonds. The van der Waals surface area contributed by atoms with Crippen LogP contribution >= 0.6 is 11.8 Å². The first kappa shape index (κ1) is 18.4. The van der Waals surface area contributed by atoms with Gasteiger partial charge in [0.1, 0.15) is 0 Å². The van der Waals surface area contributed by atoms with Gasteiger partial charge in [0, 0.05) is 4.75 Å². The number of rotatable bonds is 9. The third kappa shape index (κ3) is 13.7. The van der Waals surface area contributed by atoms with Crippen LogP contribution in [0.25, 0.3) is 0 Å². The van der Waals surface area contributed by atoms with Gasteiger partial charge in [-0.2, -0.15) is 0 Å². The van der Waals surface area contributed by atoms with Gasteiger partial charge < -0.3 is 0 Å². The van der Waals surface area contributed by atoms with Crippen LogP contribution in [-0.2, 0) is 9.59 Å². The highest BCUT2D eigenvalue weighted by molar-refractivity contribution is 8.14. The molecule has 0 aromatic rings. The molecule has 0 spiro atoms. The molecule has 2 nitrogen and oxygen atoms in total. The molecule has 0 saturated heterocycles. The first-order valence-electron chi connectivity index (χ1n) is 7.26. The van der Waals surface area contributed by atoms with Crippen LogP contribution in [-0.4, -0.2) is 15.6 Å². The van der Waals surface area contributed by atoms with E-state index < -0.39 is 0 Å². The van der Waals surface area contributed by atoms with Crippen molar-refractivity contribution >= 4 is 22.7 Å². The lowest BCUT2D eigenvalue weighted by atomic mass is 10.1. The van der Waals surface area contributed by atoms with Crippen LogP contribution in [0.3, 0.4) is 0 Å². The zero-order valence-corrected chi connectivity index (χ0v) is 13.6. The molecule has 0 N–H and O–H groups in total. The second kappa shape index (κ2) is 10.2. The lowest BCUT2D eigenvalue weighted by molar-refractivity contribution is -0.120. The second-order valence-corrected chi connectivity index (χ2v) is 7.72. The summed E-state index contributed by atoms with van der Waals surface area (Å²) in [6, 6.07) is 0. The van der Waals surface area contributed by atoms with Crippen LogP contribution < -0.4 is 0 Å². The highest BCUT2D eigenvalue weighted by Gasteiger charge is 2.17. The smallest absolute Gasteiger partial charge is 0.197 e. The van der Waals surface area contributed by atoms with Crippen LogP contribution in [0.5, 0.6) is 0 Å². The number of carbonyl (C=O) groups is 2. The second-order valence-electron chi connectivity index (χ2n) is 5.83. The normalized spacial score (nSPS) is 12.0. The molecule has 0 aromatic carbocycles. The number of unbranched alkanes of at least 4 members (excludes halogenated alkanes) is 5. The Morgan fingerprint density at radius 2 is 1.68 bits per heavy atom. The van der Waals surface area contributed by atoms with E-state index in [9.17, 15) is 9.59 Å². The van der Waals surface area contributed by atoms with Crippen LogP contribution in [0.15, 0.2) is 12.2 Å². The summed E-state index contributed by atoms with van der Waals surface area (Å²) in [6.45, 7) is 8.13. The lowest BCUT2D eigenvalue weighted by Gasteiger charge is -2.15. The van der Waals surface area contributed by atoms with Gasteiger partial charge in [0.05, 0.1) is 6.42 Å². The van der Waals surface area contributed by atoms with Crippen LogP contribution in [0.4, 0.5) is 0 Å². The van der Waals surface area contributed by atoms with Crippen LogP contribution in [0.2, 0.25) is 0 Å². The third-order valence-corrected chi connectivity index (χ3v) is 3.50. The van der Waals surface area contributed by atoms with E-state index >= 15 is 0 Å². The van der Waals surface area contributed by atoms with Crippen molar-refractivity contribution in [3.8, 4) is 0 Å². The van der Waals surface area contributed by atoms with Crippen molar-refractivity contribution in [3.05, 3.63) is 12.2 Å². The molecule has 0 aromatic heterocycles. The Labute approximate surface area is 122 Å². The molecular weight excluding hydrogens is 256 g/mol. The van der Waals surface area contributed by atoms with Crippen molar-refractivity contribution in [2.45, 2.75) is 77.4 Å². The van der Waals surface area contributed by atoms with Crippen molar-refractivity contribution < 1.29 is 9.59 Å². The molecule has 0 unspecified atom stereocenters. The number of allylic oxidation sites excluding steroid dienone is 2. The van der Waals surface area contributed by atoms with Crippen molar-refractivity contribution in [1.82, 2.24) is 0 Å². The summed E-state index contributed by atoms with van der Waals surface area (Å²) >= 11 is 1.24. The quantitative estimate of drug-likeness (QED) is 0.342. The first-order chi connectivity index (χ1) is 8.85. The van der Waals surface area contributed by atoms with Crippen molar-refractivity contribution in [3.63, 3.8) is 0 Å². The summed E-state index contributed by atoms with van der Waals surface area (Å²) in [6.07, 6.45) is 10.6. The van der Waals surface area contributed by atoms with Gasteiger partial charge in [-0.05, 0) is 18.9 Å². The van der Waals surface area contributed by atoms with E-state index in [1.54, 1.807) is 6.08 Å². The molecule has 0 rings (SSSR count). The molecule has 0 aliphatic heterocycles. The Balaban J connectivity index is 3.71. The van der Waals surface area contributed by atoms with E-state index in [1.807, 2.05) is 26.8 Å². The summed E-state index contributed by atoms with van der Waals surface area (Å²) in [5.74, 6) is -0.0738. The van der Waals surface area contributed by atoms with Gasteiger partial charge in [-0.25, -0.2) is 0 Å². The van der Waals surface area contributed by atoms with E-state index in [0.717, 1.165) is 12.8 Å². The maximum Gasteiger partial charge on any atom is 0.197 e. The van der Waals surface area contributed by atoms with Crippen molar-refractivity contribution in [1.29, 1.82) is 0 Å². The molecule has 110 valence electrons. The zero-order valence-electron chi connectivity index (χ0n) is 12.8. The van der Waals surface area contributed by atoms with Gasteiger partial charge in [0.2, 0.25) is 0 Å². The number of carbonyl (C=O) groups excluding carboxylic acids is 2. The van der Waals surface area contributed by atoms with Gasteiger partial charge in [-0.15, -0.1) is 0 Å². The largest absolute Gasteiger partial charge is 0.294 e. The third-order valence-electron chi connectivity index (χ3n) is 2.52. The molecule has 0 fully saturated rings. The molecule has 0 heterocycles. The Bertz CT molecular complexity index is 300. The Morgan fingerprint density at radius 1 is 1.05 bits per heavy atom. The first-order valence-corrected chi connectivity index (χ1v) is 8.08. The van der Waals surface area contributed by atoms with Crippen LogP contribution in [0, 0.1) is 0 Å². The monoisotopic (exact) mass is 284 g/mol. The highest BCUT2D eigenvalue weighted by atomic mass is 32.2. The number of hydrogen-bond donors (Lipinski definition) is 0. The fourth-order valence-electron chi connectivity index (χ4n) is 1.66. The fourth-order valence-corrected chi connectivity index (χ4v) is 2.56. The molecular formula is C16H28O2S. The predicted molar refractivity (Wildman–Crippen MR) is 84.5 cm³/mol. The minimum Gasteiger partial charge on any atom is -0.294 e. The van der Waals surface area contributed by atoms with E-state index in [0.29, 0.717) is 0 Å². The van der Waals surface area contributed by atoms with Crippen molar-refractivity contribution in [2.24, 2.45) is 0 Å². The predicted octanol–water partition coefficient (Wildman–Crippen LogP) is 4.92. The summed E-state index contributed by atoms with van der Waals surface area (Å²) in [5, 5.41) is -0.0369. The highest BCUT2D eigenvalue weighted by Crippen LogP contribution is 2.25. The van der Waals surface area contributed by atoms with Gasteiger partial charge in [0.25, 0.3) is 0 Å².